The van der Waals surface area contributed by atoms with E-state index in [9.17, 15) is 9.13 Å². The maximum Gasteiger partial charge on any atom is 0.354 e. The van der Waals surface area contributed by atoms with Crippen molar-refractivity contribution in [1.82, 2.24) is 0 Å². The van der Waals surface area contributed by atoms with Gasteiger partial charge in [-0.3, -0.25) is 9.13 Å². The fourth-order valence-electron chi connectivity index (χ4n) is 1.10. The summed E-state index contributed by atoms with van der Waals surface area (Å²) in [7, 11) is -8.77. The van der Waals surface area contributed by atoms with Crippen LogP contribution < -0.4 is 0 Å². The van der Waals surface area contributed by atoms with Gasteiger partial charge in [0.1, 0.15) is 0 Å². The Morgan fingerprint density at radius 3 is 1.38 bits per heavy atom. The quantitative estimate of drug-likeness (QED) is 0.486. The maximum absolute atomic E-state index is 10.6. The van der Waals surface area contributed by atoms with E-state index in [1.165, 1.54) is 0 Å². The van der Waals surface area contributed by atoms with Crippen molar-refractivity contribution in [2.24, 2.45) is 0 Å². The van der Waals surface area contributed by atoms with E-state index in [0.29, 0.717) is 0 Å². The Kier molecular flexibility index (Phi) is 3.00. The number of hydrogen-bond donors (Lipinski definition) is 4. The lowest BCUT2D eigenvalue weighted by atomic mass is 10.4. The normalized spacial score (nSPS) is 30.8. The van der Waals surface area contributed by atoms with Gasteiger partial charge in [-0.15, -0.1) is 0 Å². The number of hydrogen-bond acceptors (Lipinski definition) is 3. The van der Waals surface area contributed by atoms with Crippen LogP contribution in [-0.4, -0.2) is 31.3 Å². The molecule has 1 rings (SSSR count). The topological polar surface area (TPSA) is 124 Å². The first-order valence-electron chi connectivity index (χ1n) is 3.47. The Balaban J connectivity index is 2.66. The summed E-state index contributed by atoms with van der Waals surface area (Å²) < 4.78 is 25.8. The molecule has 4 N–H and O–H groups in total. The van der Waals surface area contributed by atoms with Crippen LogP contribution in [0.15, 0.2) is 0 Å². The molecule has 0 aromatic heterocycles. The monoisotopic (exact) mass is 232 g/mol. The van der Waals surface area contributed by atoms with Crippen molar-refractivity contribution in [2.75, 3.05) is 0 Å². The lowest BCUT2D eigenvalue weighted by molar-refractivity contribution is 0.0993. The van der Waals surface area contributed by atoms with Crippen molar-refractivity contribution in [2.45, 2.75) is 24.5 Å². The Hall–Kier alpha value is 0.260. The van der Waals surface area contributed by atoms with Gasteiger partial charge >= 0.3 is 15.2 Å². The molecular formula is C4H10O7P2. The van der Waals surface area contributed by atoms with Crippen LogP contribution in [0, 0.1) is 0 Å². The predicted molar refractivity (Wildman–Crippen MR) is 42.0 cm³/mol. The molecule has 0 bridgehead atoms. The molecule has 2 unspecified atom stereocenters. The molecular weight excluding hydrogens is 222 g/mol. The fraction of sp³-hybridized carbons (Fsp3) is 1.00. The molecule has 0 aromatic carbocycles. The molecule has 1 heterocycles. The summed E-state index contributed by atoms with van der Waals surface area (Å²) in [5.74, 6) is -2.74. The molecule has 7 nitrogen and oxygen atoms in total. The molecule has 9 heteroatoms. The van der Waals surface area contributed by atoms with Gasteiger partial charge < -0.3 is 24.3 Å². The molecule has 0 spiro atoms. The molecule has 0 saturated carbocycles. The minimum Gasteiger partial charge on any atom is -0.350 e. The third kappa shape index (κ3) is 2.86. The molecule has 0 aliphatic carbocycles. The smallest absolute Gasteiger partial charge is 0.350 e. The lowest BCUT2D eigenvalue weighted by Gasteiger charge is -2.15. The van der Waals surface area contributed by atoms with Gasteiger partial charge in [0.25, 0.3) is 0 Å². The first-order valence-corrected chi connectivity index (χ1v) is 6.83. The minimum atomic E-state index is -4.39. The largest absolute Gasteiger partial charge is 0.354 e. The molecule has 0 aromatic rings. The van der Waals surface area contributed by atoms with Gasteiger partial charge in [-0.25, -0.2) is 0 Å². The van der Waals surface area contributed by atoms with E-state index >= 15 is 0 Å². The van der Waals surface area contributed by atoms with E-state index in [2.05, 4.69) is 4.74 Å². The third-order valence-corrected chi connectivity index (χ3v) is 3.99. The molecule has 1 aliphatic heterocycles. The van der Waals surface area contributed by atoms with Gasteiger partial charge in [0, 0.05) is 0 Å². The zero-order chi connectivity index (χ0) is 10.3. The van der Waals surface area contributed by atoms with Gasteiger partial charge in [0.2, 0.25) is 0 Å². The van der Waals surface area contributed by atoms with E-state index in [-0.39, 0.29) is 12.8 Å². The molecule has 0 amide bonds. The average Bonchev–Trinajstić information content (AvgIpc) is 2.28. The summed E-state index contributed by atoms with van der Waals surface area (Å²) in [5.41, 5.74) is 0. The number of ether oxygens (including phenoxy) is 1. The van der Waals surface area contributed by atoms with Crippen molar-refractivity contribution in [1.29, 1.82) is 0 Å². The van der Waals surface area contributed by atoms with Crippen LogP contribution in [-0.2, 0) is 13.9 Å². The molecule has 1 aliphatic rings. The zero-order valence-electron chi connectivity index (χ0n) is 6.48. The van der Waals surface area contributed by atoms with E-state index in [1.54, 1.807) is 0 Å². The van der Waals surface area contributed by atoms with E-state index in [1.807, 2.05) is 0 Å². The first-order chi connectivity index (χ1) is 5.71. The average molecular weight is 232 g/mol. The maximum atomic E-state index is 10.6. The van der Waals surface area contributed by atoms with Crippen molar-refractivity contribution in [3.05, 3.63) is 0 Å². The molecule has 13 heavy (non-hydrogen) atoms. The van der Waals surface area contributed by atoms with Crippen molar-refractivity contribution < 1.29 is 33.4 Å². The predicted octanol–water partition coefficient (Wildman–Crippen LogP) is -0.196. The highest BCUT2D eigenvalue weighted by Gasteiger charge is 2.44. The minimum absolute atomic E-state index is 0.0277. The summed E-state index contributed by atoms with van der Waals surface area (Å²) in [6, 6.07) is 0. The Labute approximate surface area is 74.0 Å². The van der Waals surface area contributed by atoms with Crippen LogP contribution in [0.25, 0.3) is 0 Å². The van der Waals surface area contributed by atoms with Gasteiger partial charge in [-0.05, 0) is 12.8 Å². The zero-order valence-corrected chi connectivity index (χ0v) is 8.27. The van der Waals surface area contributed by atoms with Gasteiger partial charge in [-0.1, -0.05) is 0 Å². The van der Waals surface area contributed by atoms with E-state index < -0.39 is 26.9 Å². The van der Waals surface area contributed by atoms with Crippen LogP contribution in [0.4, 0.5) is 0 Å². The van der Waals surface area contributed by atoms with Crippen molar-refractivity contribution >= 4 is 15.2 Å². The van der Waals surface area contributed by atoms with E-state index in [4.69, 9.17) is 19.6 Å². The molecule has 78 valence electrons. The highest BCUT2D eigenvalue weighted by atomic mass is 31.2. The highest BCUT2D eigenvalue weighted by Crippen LogP contribution is 2.55. The van der Waals surface area contributed by atoms with Crippen LogP contribution in [0.2, 0.25) is 0 Å². The summed E-state index contributed by atoms with van der Waals surface area (Å²) in [6.45, 7) is 0. The summed E-state index contributed by atoms with van der Waals surface area (Å²) in [6.07, 6.45) is -0.0554. The Bertz CT molecular complexity index is 248. The van der Waals surface area contributed by atoms with Gasteiger partial charge in [0.05, 0.1) is 0 Å². The Morgan fingerprint density at radius 1 is 0.923 bits per heavy atom. The summed E-state index contributed by atoms with van der Waals surface area (Å²) in [5, 5.41) is 0. The third-order valence-electron chi connectivity index (χ3n) is 1.73. The Morgan fingerprint density at radius 2 is 1.23 bits per heavy atom. The molecule has 1 saturated heterocycles. The summed E-state index contributed by atoms with van der Waals surface area (Å²) in [4.78, 5) is 34.5. The van der Waals surface area contributed by atoms with Crippen LogP contribution in [0.3, 0.4) is 0 Å². The first kappa shape index (κ1) is 11.3. The lowest BCUT2D eigenvalue weighted by Crippen LogP contribution is -2.11. The van der Waals surface area contributed by atoms with Crippen LogP contribution in [0.1, 0.15) is 12.8 Å². The SMILES string of the molecule is O=P(O)(O)C1CCC(P(=O)(O)O)O1. The second-order valence-electron chi connectivity index (χ2n) is 2.80. The van der Waals surface area contributed by atoms with Crippen LogP contribution in [0.5, 0.6) is 0 Å². The summed E-state index contributed by atoms with van der Waals surface area (Å²) >= 11 is 0. The van der Waals surface area contributed by atoms with Gasteiger partial charge in [0.15, 0.2) is 11.7 Å². The van der Waals surface area contributed by atoms with E-state index in [0.717, 1.165) is 0 Å². The van der Waals surface area contributed by atoms with Crippen molar-refractivity contribution in [3.63, 3.8) is 0 Å². The molecule has 1 fully saturated rings. The fourth-order valence-corrected chi connectivity index (χ4v) is 2.78. The second-order valence-corrected chi connectivity index (χ2v) is 6.31. The number of rotatable bonds is 2. The highest BCUT2D eigenvalue weighted by molar-refractivity contribution is 7.53. The molecule has 0 radical (unpaired) electrons. The van der Waals surface area contributed by atoms with Crippen LogP contribution >= 0.6 is 15.2 Å². The van der Waals surface area contributed by atoms with Gasteiger partial charge in [-0.2, -0.15) is 0 Å². The second kappa shape index (κ2) is 3.44. The standard InChI is InChI=1S/C4H10O7P2/c5-12(6,7)3-1-2-4(11-3)13(8,9)10/h3-4H,1-2H2,(H2,5,6,7)(H2,8,9,10). The molecule has 2 atom stereocenters. The van der Waals surface area contributed by atoms with Crippen molar-refractivity contribution in [3.8, 4) is 0 Å².